The van der Waals surface area contributed by atoms with Gasteiger partial charge >= 0.3 is 0 Å². The first kappa shape index (κ1) is 12.9. The van der Waals surface area contributed by atoms with Crippen molar-refractivity contribution in [1.29, 1.82) is 0 Å². The molecule has 5 heteroatoms. The molecular formula is C14H19N3OS. The highest BCUT2D eigenvalue weighted by molar-refractivity contribution is 8.14. The molecule has 0 saturated carbocycles. The predicted molar refractivity (Wildman–Crippen MR) is 78.6 cm³/mol. The summed E-state index contributed by atoms with van der Waals surface area (Å²) < 4.78 is 5.43. The maximum atomic E-state index is 5.43. The van der Waals surface area contributed by atoms with Crippen molar-refractivity contribution >= 4 is 16.9 Å². The lowest BCUT2D eigenvalue weighted by Gasteiger charge is -2.32. The van der Waals surface area contributed by atoms with Crippen molar-refractivity contribution in [3.05, 3.63) is 30.1 Å². The van der Waals surface area contributed by atoms with Gasteiger partial charge in [-0.1, -0.05) is 17.8 Å². The van der Waals surface area contributed by atoms with Gasteiger partial charge in [0.05, 0.1) is 5.54 Å². The Morgan fingerprint density at radius 1 is 1.42 bits per heavy atom. The van der Waals surface area contributed by atoms with Crippen LogP contribution in [0.25, 0.3) is 0 Å². The molecule has 0 radical (unpaired) electrons. The number of nitrogens with zero attached hydrogens (tertiary/aromatic N) is 2. The molecule has 3 rings (SSSR count). The van der Waals surface area contributed by atoms with Gasteiger partial charge in [0.2, 0.25) is 0 Å². The van der Waals surface area contributed by atoms with Crippen molar-refractivity contribution in [3.63, 3.8) is 0 Å². The van der Waals surface area contributed by atoms with E-state index in [2.05, 4.69) is 21.4 Å². The van der Waals surface area contributed by atoms with Gasteiger partial charge in [-0.05, 0) is 30.9 Å². The standard InChI is InChI=1S/C14H19N3OS/c1-2-12(10-15-6-1)3-7-16-13-17-14(11-19-13)4-8-18-9-5-14/h1-2,6,10H,3-5,7-9,11H2,(H,16,17). The zero-order chi connectivity index (χ0) is 13.0. The monoisotopic (exact) mass is 277 g/mol. The molecule has 1 N–H and O–H groups in total. The largest absolute Gasteiger partial charge is 0.381 e. The van der Waals surface area contributed by atoms with Crippen molar-refractivity contribution in [2.45, 2.75) is 24.8 Å². The molecule has 1 aromatic heterocycles. The second-order valence-corrected chi connectivity index (χ2v) is 6.07. The smallest absolute Gasteiger partial charge is 0.157 e. The molecule has 1 aromatic rings. The van der Waals surface area contributed by atoms with E-state index < -0.39 is 0 Å². The Morgan fingerprint density at radius 2 is 2.32 bits per heavy atom. The number of thioether (sulfide) groups is 1. The average Bonchev–Trinajstić information content (AvgIpc) is 2.84. The summed E-state index contributed by atoms with van der Waals surface area (Å²) in [6.45, 7) is 2.57. The van der Waals surface area contributed by atoms with Crippen LogP contribution in [-0.2, 0) is 11.2 Å². The van der Waals surface area contributed by atoms with E-state index in [1.165, 1.54) is 5.56 Å². The second-order valence-electron chi connectivity index (χ2n) is 5.10. The van der Waals surface area contributed by atoms with E-state index >= 15 is 0 Å². The van der Waals surface area contributed by atoms with E-state index in [1.54, 1.807) is 6.20 Å². The zero-order valence-electron chi connectivity index (χ0n) is 11.0. The first-order valence-corrected chi connectivity index (χ1v) is 7.77. The molecule has 0 bridgehead atoms. The first-order chi connectivity index (χ1) is 9.36. The fourth-order valence-corrected chi connectivity index (χ4v) is 3.70. The van der Waals surface area contributed by atoms with Gasteiger partial charge in [-0.2, -0.15) is 0 Å². The third-order valence-corrected chi connectivity index (χ3v) is 4.89. The number of amidine groups is 1. The predicted octanol–water partition coefficient (Wildman–Crippen LogP) is 1.87. The summed E-state index contributed by atoms with van der Waals surface area (Å²) in [7, 11) is 0. The molecule has 0 aromatic carbocycles. The van der Waals surface area contributed by atoms with Crippen LogP contribution in [0.2, 0.25) is 0 Å². The minimum atomic E-state index is 0.246. The van der Waals surface area contributed by atoms with E-state index in [0.717, 1.165) is 49.9 Å². The van der Waals surface area contributed by atoms with Gasteiger partial charge < -0.3 is 10.1 Å². The van der Waals surface area contributed by atoms with Gasteiger partial charge in [-0.3, -0.25) is 9.98 Å². The first-order valence-electron chi connectivity index (χ1n) is 6.78. The molecule has 102 valence electrons. The fourth-order valence-electron chi connectivity index (χ4n) is 2.45. The summed E-state index contributed by atoms with van der Waals surface area (Å²) >= 11 is 1.85. The van der Waals surface area contributed by atoms with Crippen molar-refractivity contribution in [2.75, 3.05) is 25.5 Å². The average molecular weight is 277 g/mol. The Bertz CT molecular complexity index is 443. The maximum Gasteiger partial charge on any atom is 0.157 e. The molecule has 2 aliphatic heterocycles. The number of hydrogen-bond donors (Lipinski definition) is 1. The molecule has 3 heterocycles. The fraction of sp³-hybridized carbons (Fsp3) is 0.571. The second kappa shape index (κ2) is 5.92. The highest BCUT2D eigenvalue weighted by Gasteiger charge is 2.38. The summed E-state index contributed by atoms with van der Waals surface area (Å²) in [5.41, 5.74) is 1.49. The molecule has 0 amide bonds. The number of rotatable bonds is 3. The maximum absolute atomic E-state index is 5.43. The van der Waals surface area contributed by atoms with Crippen LogP contribution in [-0.4, -0.2) is 41.2 Å². The molecule has 0 unspecified atom stereocenters. The topological polar surface area (TPSA) is 46.5 Å². The van der Waals surface area contributed by atoms with E-state index in [0.29, 0.717) is 0 Å². The third-order valence-electron chi connectivity index (χ3n) is 3.69. The minimum Gasteiger partial charge on any atom is -0.381 e. The number of pyridine rings is 1. The van der Waals surface area contributed by atoms with Gasteiger partial charge in [-0.15, -0.1) is 0 Å². The lowest BCUT2D eigenvalue weighted by Crippen LogP contribution is -2.48. The molecule has 2 aliphatic rings. The van der Waals surface area contributed by atoms with Gasteiger partial charge in [-0.25, -0.2) is 0 Å². The normalized spacial score (nSPS) is 23.7. The van der Waals surface area contributed by atoms with E-state index in [9.17, 15) is 0 Å². The van der Waals surface area contributed by atoms with E-state index in [4.69, 9.17) is 4.74 Å². The summed E-state index contributed by atoms with van der Waals surface area (Å²) in [5, 5.41) is 4.71. The number of aliphatic imine (C=N–C) groups is 1. The Labute approximate surface area is 118 Å². The van der Waals surface area contributed by atoms with Crippen LogP contribution >= 0.6 is 11.8 Å². The van der Waals surface area contributed by atoms with Crippen LogP contribution in [0.3, 0.4) is 0 Å². The number of ether oxygens (including phenoxy) is 1. The van der Waals surface area contributed by atoms with Gasteiger partial charge in [0, 0.05) is 37.9 Å². The number of hydrogen-bond acceptors (Lipinski definition) is 4. The van der Waals surface area contributed by atoms with Gasteiger partial charge in [0.15, 0.2) is 5.17 Å². The highest BCUT2D eigenvalue weighted by atomic mass is 32.2. The zero-order valence-corrected chi connectivity index (χ0v) is 11.8. The van der Waals surface area contributed by atoms with Crippen LogP contribution in [0.1, 0.15) is 18.4 Å². The van der Waals surface area contributed by atoms with Crippen LogP contribution in [0, 0.1) is 0 Å². The van der Waals surface area contributed by atoms with E-state index in [-0.39, 0.29) is 5.54 Å². The molecule has 2 fully saturated rings. The SMILES string of the molecule is c1cncc(CCN=C2NC3(CCOCC3)CS2)c1. The summed E-state index contributed by atoms with van der Waals surface area (Å²) in [6.07, 6.45) is 6.87. The number of nitrogens with one attached hydrogen (secondary N) is 1. The molecule has 0 atom stereocenters. The third kappa shape index (κ3) is 3.28. The Kier molecular flexibility index (Phi) is 4.03. The summed E-state index contributed by atoms with van der Waals surface area (Å²) in [4.78, 5) is 8.79. The summed E-state index contributed by atoms with van der Waals surface area (Å²) in [5.74, 6) is 1.13. The van der Waals surface area contributed by atoms with Crippen molar-refractivity contribution < 1.29 is 4.74 Å². The Morgan fingerprint density at radius 3 is 3.11 bits per heavy atom. The molecule has 4 nitrogen and oxygen atoms in total. The summed E-state index contributed by atoms with van der Waals surface area (Å²) in [6, 6.07) is 4.07. The molecule has 0 aliphatic carbocycles. The van der Waals surface area contributed by atoms with Crippen molar-refractivity contribution in [2.24, 2.45) is 4.99 Å². The van der Waals surface area contributed by atoms with Crippen molar-refractivity contribution in [1.82, 2.24) is 10.3 Å². The number of aromatic nitrogens is 1. The molecule has 1 spiro atoms. The molecule has 19 heavy (non-hydrogen) atoms. The van der Waals surface area contributed by atoms with Crippen LogP contribution in [0.4, 0.5) is 0 Å². The van der Waals surface area contributed by atoms with Crippen LogP contribution < -0.4 is 5.32 Å². The van der Waals surface area contributed by atoms with E-state index in [1.807, 2.05) is 24.0 Å². The minimum absolute atomic E-state index is 0.246. The Hall–Kier alpha value is -1.07. The van der Waals surface area contributed by atoms with Crippen LogP contribution in [0.5, 0.6) is 0 Å². The van der Waals surface area contributed by atoms with Crippen molar-refractivity contribution in [3.8, 4) is 0 Å². The Balaban J connectivity index is 1.52. The highest BCUT2D eigenvalue weighted by Crippen LogP contribution is 2.31. The van der Waals surface area contributed by atoms with Gasteiger partial charge in [0.1, 0.15) is 0 Å². The van der Waals surface area contributed by atoms with Gasteiger partial charge in [0.25, 0.3) is 0 Å². The molecule has 2 saturated heterocycles. The quantitative estimate of drug-likeness (QED) is 0.916. The lowest BCUT2D eigenvalue weighted by molar-refractivity contribution is 0.0555. The van der Waals surface area contributed by atoms with Crippen LogP contribution in [0.15, 0.2) is 29.5 Å². The molecular weight excluding hydrogens is 258 g/mol. The lowest BCUT2D eigenvalue weighted by atomic mass is 9.93.